The van der Waals surface area contributed by atoms with Crippen molar-refractivity contribution in [3.8, 4) is 11.5 Å². The zero-order valence-electron chi connectivity index (χ0n) is 11.1. The van der Waals surface area contributed by atoms with E-state index < -0.39 is 12.7 Å². The molecule has 0 aliphatic heterocycles. The molecule has 0 saturated carbocycles. The van der Waals surface area contributed by atoms with Crippen LogP contribution in [0.1, 0.15) is 0 Å². The van der Waals surface area contributed by atoms with Crippen molar-refractivity contribution in [3.63, 3.8) is 0 Å². The van der Waals surface area contributed by atoms with Crippen molar-refractivity contribution in [2.75, 3.05) is 26.1 Å². The Kier molecular flexibility index (Phi) is 4.26. The Morgan fingerprint density at radius 2 is 1.76 bits per heavy atom. The SMILES string of the molecule is COc1cc2nc(Cl)nc(NCC(F)(F)F)c2cc1OC. The minimum Gasteiger partial charge on any atom is -0.493 e. The fraction of sp³-hybridized carbons (Fsp3) is 0.333. The number of nitrogens with zero attached hydrogens (tertiary/aromatic N) is 2. The molecule has 1 aromatic heterocycles. The average Bonchev–Trinajstić information content (AvgIpc) is 2.42. The minimum absolute atomic E-state index is 0.0247. The first kappa shape index (κ1) is 15.4. The van der Waals surface area contributed by atoms with Gasteiger partial charge in [0.25, 0.3) is 0 Å². The van der Waals surface area contributed by atoms with Crippen LogP contribution in [0.4, 0.5) is 19.0 Å². The number of alkyl halides is 3. The number of anilines is 1. The summed E-state index contributed by atoms with van der Waals surface area (Å²) in [6.45, 7) is -1.23. The maximum Gasteiger partial charge on any atom is 0.405 e. The third-order valence-corrected chi connectivity index (χ3v) is 2.80. The summed E-state index contributed by atoms with van der Waals surface area (Å²) in [6, 6.07) is 3.00. The molecule has 0 amide bonds. The van der Waals surface area contributed by atoms with E-state index in [-0.39, 0.29) is 11.1 Å². The van der Waals surface area contributed by atoms with Gasteiger partial charge in [0.1, 0.15) is 12.4 Å². The van der Waals surface area contributed by atoms with E-state index in [9.17, 15) is 13.2 Å². The summed E-state index contributed by atoms with van der Waals surface area (Å²) in [5.41, 5.74) is 0.345. The zero-order valence-corrected chi connectivity index (χ0v) is 11.8. The van der Waals surface area contributed by atoms with Gasteiger partial charge in [-0.25, -0.2) is 9.97 Å². The van der Waals surface area contributed by atoms with Gasteiger partial charge in [0.15, 0.2) is 11.5 Å². The first-order valence-electron chi connectivity index (χ1n) is 5.74. The van der Waals surface area contributed by atoms with Gasteiger partial charge in [0, 0.05) is 11.5 Å². The van der Waals surface area contributed by atoms with Crippen LogP contribution in [-0.4, -0.2) is 36.9 Å². The van der Waals surface area contributed by atoms with Gasteiger partial charge < -0.3 is 14.8 Å². The van der Waals surface area contributed by atoms with Crippen LogP contribution in [0.25, 0.3) is 10.9 Å². The fourth-order valence-electron chi connectivity index (χ4n) is 1.75. The summed E-state index contributed by atoms with van der Waals surface area (Å²) in [5, 5.41) is 2.38. The largest absolute Gasteiger partial charge is 0.493 e. The predicted molar refractivity (Wildman–Crippen MR) is 72.2 cm³/mol. The first-order chi connectivity index (χ1) is 9.84. The standard InChI is InChI=1S/C12H11ClF3N3O2/c1-20-8-3-6-7(4-9(8)21-2)18-11(13)19-10(6)17-5-12(14,15)16/h3-4H,5H2,1-2H3,(H,17,18,19). The first-order valence-corrected chi connectivity index (χ1v) is 6.11. The Bertz CT molecular complexity index is 664. The van der Waals surface area contributed by atoms with E-state index in [1.54, 1.807) is 0 Å². The van der Waals surface area contributed by atoms with Gasteiger partial charge in [-0.05, 0) is 17.7 Å². The lowest BCUT2D eigenvalue weighted by molar-refractivity contribution is -0.115. The second kappa shape index (κ2) is 5.80. The second-order valence-corrected chi connectivity index (χ2v) is 4.37. The molecule has 1 aromatic carbocycles. The molecule has 0 unspecified atom stereocenters. The quantitative estimate of drug-likeness (QED) is 0.876. The maximum atomic E-state index is 12.3. The fourth-order valence-corrected chi connectivity index (χ4v) is 1.92. The van der Waals surface area contributed by atoms with Crippen molar-refractivity contribution in [1.82, 2.24) is 9.97 Å². The Hall–Kier alpha value is -1.96. The molecule has 0 bridgehead atoms. The molecule has 5 nitrogen and oxygen atoms in total. The molecule has 1 N–H and O–H groups in total. The molecule has 0 saturated heterocycles. The normalized spacial score (nSPS) is 11.5. The number of hydrogen-bond donors (Lipinski definition) is 1. The number of nitrogens with one attached hydrogen (secondary N) is 1. The summed E-state index contributed by atoms with van der Waals surface area (Å²) in [5.74, 6) is 0.718. The number of rotatable bonds is 4. The highest BCUT2D eigenvalue weighted by Crippen LogP contribution is 2.34. The van der Waals surface area contributed by atoms with Crippen molar-refractivity contribution < 1.29 is 22.6 Å². The van der Waals surface area contributed by atoms with Crippen LogP contribution in [0, 0.1) is 0 Å². The molecule has 21 heavy (non-hydrogen) atoms. The Morgan fingerprint density at radius 1 is 1.14 bits per heavy atom. The molecule has 0 spiro atoms. The predicted octanol–water partition coefficient (Wildman–Crippen LogP) is 3.27. The number of aromatic nitrogens is 2. The number of hydrogen-bond acceptors (Lipinski definition) is 5. The van der Waals surface area contributed by atoms with Crippen LogP contribution in [-0.2, 0) is 0 Å². The monoisotopic (exact) mass is 321 g/mol. The van der Waals surface area contributed by atoms with E-state index in [4.69, 9.17) is 21.1 Å². The summed E-state index contributed by atoms with van der Waals surface area (Å²) in [4.78, 5) is 7.74. The molecule has 0 aliphatic carbocycles. The molecular weight excluding hydrogens is 311 g/mol. The number of ether oxygens (including phenoxy) is 2. The summed E-state index contributed by atoms with van der Waals surface area (Å²) < 4.78 is 47.2. The average molecular weight is 322 g/mol. The number of halogens is 4. The Morgan fingerprint density at radius 3 is 2.33 bits per heavy atom. The Balaban J connectivity index is 2.53. The molecule has 0 fully saturated rings. The van der Waals surface area contributed by atoms with Crippen LogP contribution < -0.4 is 14.8 Å². The molecule has 114 valence electrons. The highest BCUT2D eigenvalue weighted by atomic mass is 35.5. The molecule has 1 heterocycles. The second-order valence-electron chi connectivity index (χ2n) is 4.03. The van der Waals surface area contributed by atoms with Crippen molar-refractivity contribution >= 4 is 28.3 Å². The molecule has 2 rings (SSSR count). The summed E-state index contributed by atoms with van der Waals surface area (Å²) in [7, 11) is 2.86. The maximum absolute atomic E-state index is 12.3. The van der Waals surface area contributed by atoms with Gasteiger partial charge in [-0.2, -0.15) is 13.2 Å². The van der Waals surface area contributed by atoms with Crippen LogP contribution in [0.5, 0.6) is 11.5 Å². The van der Waals surface area contributed by atoms with Crippen molar-refractivity contribution in [3.05, 3.63) is 17.4 Å². The summed E-state index contributed by atoms with van der Waals surface area (Å²) in [6.07, 6.45) is -4.37. The van der Waals surface area contributed by atoms with Crippen LogP contribution in [0.2, 0.25) is 5.28 Å². The van der Waals surface area contributed by atoms with Crippen molar-refractivity contribution in [2.24, 2.45) is 0 Å². The van der Waals surface area contributed by atoms with E-state index >= 15 is 0 Å². The van der Waals surface area contributed by atoms with Crippen LogP contribution in [0.3, 0.4) is 0 Å². The van der Waals surface area contributed by atoms with Gasteiger partial charge in [0.05, 0.1) is 19.7 Å². The van der Waals surface area contributed by atoms with Gasteiger partial charge >= 0.3 is 6.18 Å². The molecule has 0 atom stereocenters. The van der Waals surface area contributed by atoms with Gasteiger partial charge in [-0.1, -0.05) is 0 Å². The van der Waals surface area contributed by atoms with Gasteiger partial charge in [0.2, 0.25) is 5.28 Å². The Labute approximate surface area is 123 Å². The van der Waals surface area contributed by atoms with E-state index in [0.717, 1.165) is 0 Å². The van der Waals surface area contributed by atoms with Crippen LogP contribution >= 0.6 is 11.6 Å². The van der Waals surface area contributed by atoms with E-state index in [1.165, 1.54) is 26.4 Å². The lowest BCUT2D eigenvalue weighted by atomic mass is 10.2. The molecule has 0 aliphatic rings. The molecule has 0 radical (unpaired) electrons. The van der Waals surface area contributed by atoms with E-state index in [0.29, 0.717) is 22.4 Å². The van der Waals surface area contributed by atoms with Crippen molar-refractivity contribution in [1.29, 1.82) is 0 Å². The number of methoxy groups -OCH3 is 2. The van der Waals surface area contributed by atoms with E-state index in [1.807, 2.05) is 0 Å². The molecule has 2 aromatic rings. The highest BCUT2D eigenvalue weighted by Gasteiger charge is 2.27. The van der Waals surface area contributed by atoms with Gasteiger partial charge in [-0.15, -0.1) is 0 Å². The van der Waals surface area contributed by atoms with Crippen molar-refractivity contribution in [2.45, 2.75) is 6.18 Å². The lowest BCUT2D eigenvalue weighted by Gasteiger charge is -2.13. The van der Waals surface area contributed by atoms with Gasteiger partial charge in [-0.3, -0.25) is 0 Å². The smallest absolute Gasteiger partial charge is 0.405 e. The highest BCUT2D eigenvalue weighted by molar-refractivity contribution is 6.28. The number of benzene rings is 1. The minimum atomic E-state index is -4.37. The number of fused-ring (bicyclic) bond motifs is 1. The van der Waals surface area contributed by atoms with E-state index in [2.05, 4.69) is 15.3 Å². The topological polar surface area (TPSA) is 56.3 Å². The third kappa shape index (κ3) is 3.57. The third-order valence-electron chi connectivity index (χ3n) is 2.63. The van der Waals surface area contributed by atoms with Crippen LogP contribution in [0.15, 0.2) is 12.1 Å². The lowest BCUT2D eigenvalue weighted by Crippen LogP contribution is -2.22. The molecular formula is C12H11ClF3N3O2. The zero-order chi connectivity index (χ0) is 15.6. The molecule has 9 heteroatoms. The summed E-state index contributed by atoms with van der Waals surface area (Å²) >= 11 is 5.73.